The van der Waals surface area contributed by atoms with Crippen LogP contribution in [0.15, 0.2) is 83.3 Å². The fourth-order valence-corrected chi connectivity index (χ4v) is 3.82. The van der Waals surface area contributed by atoms with Crippen LogP contribution >= 0.6 is 15.9 Å². The van der Waals surface area contributed by atoms with Gasteiger partial charge in [0, 0.05) is 23.0 Å². The first-order valence-electron chi connectivity index (χ1n) is 11.4. The molecule has 7 heteroatoms. The van der Waals surface area contributed by atoms with Gasteiger partial charge in [-0.25, -0.2) is 4.39 Å². The van der Waals surface area contributed by atoms with Crippen LogP contribution in [0.2, 0.25) is 0 Å². The summed E-state index contributed by atoms with van der Waals surface area (Å²) in [4.78, 5) is 28.5. The normalized spacial score (nSPS) is 12.0. The maximum Gasteiger partial charge on any atom is 0.261 e. The van der Waals surface area contributed by atoms with Gasteiger partial charge in [0.1, 0.15) is 17.6 Å². The van der Waals surface area contributed by atoms with Gasteiger partial charge in [-0.3, -0.25) is 9.59 Å². The van der Waals surface area contributed by atoms with E-state index in [4.69, 9.17) is 4.74 Å². The Kier molecular flexibility index (Phi) is 9.04. The van der Waals surface area contributed by atoms with Crippen molar-refractivity contribution in [3.8, 4) is 5.75 Å². The van der Waals surface area contributed by atoms with Crippen LogP contribution < -0.4 is 10.1 Å². The molecule has 0 saturated heterocycles. The fourth-order valence-electron chi connectivity index (χ4n) is 3.55. The lowest BCUT2D eigenvalue weighted by atomic mass is 10.0. The lowest BCUT2D eigenvalue weighted by molar-refractivity contribution is -0.143. The van der Waals surface area contributed by atoms with Gasteiger partial charge in [-0.1, -0.05) is 58.4 Å². The van der Waals surface area contributed by atoms with Crippen molar-refractivity contribution in [3.05, 3.63) is 100 Å². The minimum atomic E-state index is -0.760. The molecule has 2 amide bonds. The Morgan fingerprint density at radius 2 is 1.57 bits per heavy atom. The molecule has 0 aliphatic carbocycles. The Bertz CT molecular complexity index is 1110. The highest BCUT2D eigenvalue weighted by Gasteiger charge is 2.32. The molecule has 3 aromatic rings. The quantitative estimate of drug-likeness (QED) is 0.388. The molecule has 0 aliphatic heterocycles. The molecule has 1 unspecified atom stereocenters. The number of carbonyl (C=O) groups is 2. The molecule has 0 fully saturated rings. The van der Waals surface area contributed by atoms with E-state index in [0.29, 0.717) is 12.2 Å². The molecular weight excluding hydrogens is 511 g/mol. The number of benzene rings is 3. The van der Waals surface area contributed by atoms with Crippen molar-refractivity contribution in [3.63, 3.8) is 0 Å². The molecule has 0 aliphatic rings. The summed E-state index contributed by atoms with van der Waals surface area (Å²) in [6.45, 7) is 5.67. The van der Waals surface area contributed by atoms with Gasteiger partial charge >= 0.3 is 0 Å². The van der Waals surface area contributed by atoms with Gasteiger partial charge < -0.3 is 15.0 Å². The lowest BCUT2D eigenvalue weighted by Gasteiger charge is -2.33. The first kappa shape index (κ1) is 26.4. The van der Waals surface area contributed by atoms with E-state index in [-0.39, 0.29) is 30.8 Å². The second-order valence-electron chi connectivity index (χ2n) is 9.34. The highest BCUT2D eigenvalue weighted by Crippen LogP contribution is 2.19. The monoisotopic (exact) mass is 540 g/mol. The van der Waals surface area contributed by atoms with E-state index < -0.39 is 11.6 Å². The Hall–Kier alpha value is -3.19. The number of amides is 2. The van der Waals surface area contributed by atoms with Crippen LogP contribution in [0.25, 0.3) is 0 Å². The molecule has 1 atom stereocenters. The van der Waals surface area contributed by atoms with Crippen LogP contribution in [0.1, 0.15) is 31.9 Å². The average Bonchev–Trinajstić information content (AvgIpc) is 2.81. The molecule has 5 nitrogen and oxygen atoms in total. The fraction of sp³-hybridized carbons (Fsp3) is 0.286. The second-order valence-corrected chi connectivity index (χ2v) is 10.3. The zero-order chi connectivity index (χ0) is 25.4. The minimum Gasteiger partial charge on any atom is -0.484 e. The number of nitrogens with one attached hydrogen (secondary N) is 1. The third kappa shape index (κ3) is 8.51. The SMILES string of the molecule is CC(C)(C)NC(=O)C(Cc1ccccc1)N(Cc1ccc(Br)cc1)C(=O)COc1ccc(F)cc1. The molecule has 0 radical (unpaired) electrons. The van der Waals surface area contributed by atoms with Crippen LogP contribution in [-0.2, 0) is 22.6 Å². The van der Waals surface area contributed by atoms with Crippen LogP contribution in [0.5, 0.6) is 5.75 Å². The van der Waals surface area contributed by atoms with Gasteiger partial charge in [0.25, 0.3) is 5.91 Å². The van der Waals surface area contributed by atoms with Crippen molar-refractivity contribution < 1.29 is 18.7 Å². The topological polar surface area (TPSA) is 58.6 Å². The number of halogens is 2. The average molecular weight is 541 g/mol. The number of nitrogens with zero attached hydrogens (tertiary/aromatic N) is 1. The summed E-state index contributed by atoms with van der Waals surface area (Å²) in [7, 11) is 0. The van der Waals surface area contributed by atoms with Crippen LogP contribution in [0, 0.1) is 5.82 Å². The molecule has 184 valence electrons. The van der Waals surface area contributed by atoms with Gasteiger partial charge in [0.15, 0.2) is 6.61 Å². The van der Waals surface area contributed by atoms with E-state index in [9.17, 15) is 14.0 Å². The molecule has 0 spiro atoms. The molecule has 3 rings (SSSR count). The highest BCUT2D eigenvalue weighted by atomic mass is 79.9. The lowest BCUT2D eigenvalue weighted by Crippen LogP contribution is -2.55. The Morgan fingerprint density at radius 1 is 0.943 bits per heavy atom. The van der Waals surface area contributed by atoms with E-state index in [1.165, 1.54) is 24.3 Å². The number of rotatable bonds is 9. The van der Waals surface area contributed by atoms with Gasteiger partial charge in [-0.2, -0.15) is 0 Å². The molecule has 0 saturated carbocycles. The van der Waals surface area contributed by atoms with Crippen molar-refractivity contribution in [1.82, 2.24) is 10.2 Å². The van der Waals surface area contributed by atoms with E-state index in [2.05, 4.69) is 21.2 Å². The molecular formula is C28H30BrFN2O3. The summed E-state index contributed by atoms with van der Waals surface area (Å²) < 4.78 is 19.8. The highest BCUT2D eigenvalue weighted by molar-refractivity contribution is 9.10. The van der Waals surface area contributed by atoms with E-state index >= 15 is 0 Å². The molecule has 1 N–H and O–H groups in total. The predicted octanol–water partition coefficient (Wildman–Crippen LogP) is 5.52. The summed E-state index contributed by atoms with van der Waals surface area (Å²) in [6, 6.07) is 21.9. The largest absolute Gasteiger partial charge is 0.484 e. The van der Waals surface area contributed by atoms with Crippen molar-refractivity contribution in [2.75, 3.05) is 6.61 Å². The number of carbonyl (C=O) groups excluding carboxylic acids is 2. The zero-order valence-electron chi connectivity index (χ0n) is 20.1. The first-order valence-corrected chi connectivity index (χ1v) is 12.2. The number of hydrogen-bond donors (Lipinski definition) is 1. The first-order chi connectivity index (χ1) is 16.6. The minimum absolute atomic E-state index is 0.230. The van der Waals surface area contributed by atoms with E-state index in [1.807, 2.05) is 75.4 Å². The van der Waals surface area contributed by atoms with E-state index in [1.54, 1.807) is 4.90 Å². The molecule has 3 aromatic carbocycles. The van der Waals surface area contributed by atoms with Crippen molar-refractivity contribution >= 4 is 27.7 Å². The van der Waals surface area contributed by atoms with Crippen LogP contribution in [0.3, 0.4) is 0 Å². The van der Waals surface area contributed by atoms with Gasteiger partial charge in [-0.15, -0.1) is 0 Å². The zero-order valence-corrected chi connectivity index (χ0v) is 21.7. The summed E-state index contributed by atoms with van der Waals surface area (Å²) in [5.41, 5.74) is 1.35. The van der Waals surface area contributed by atoms with Crippen LogP contribution in [-0.4, -0.2) is 34.9 Å². The van der Waals surface area contributed by atoms with E-state index in [0.717, 1.165) is 15.6 Å². The third-order valence-electron chi connectivity index (χ3n) is 5.21. The molecule has 0 bridgehead atoms. The molecule has 35 heavy (non-hydrogen) atoms. The smallest absolute Gasteiger partial charge is 0.261 e. The summed E-state index contributed by atoms with van der Waals surface area (Å²) >= 11 is 3.43. The number of hydrogen-bond acceptors (Lipinski definition) is 3. The summed E-state index contributed by atoms with van der Waals surface area (Å²) in [5.74, 6) is -0.597. The van der Waals surface area contributed by atoms with Gasteiger partial charge in [-0.05, 0) is 68.3 Å². The van der Waals surface area contributed by atoms with Crippen molar-refractivity contribution in [2.45, 2.75) is 45.3 Å². The van der Waals surface area contributed by atoms with Crippen molar-refractivity contribution in [1.29, 1.82) is 0 Å². The predicted molar refractivity (Wildman–Crippen MR) is 138 cm³/mol. The van der Waals surface area contributed by atoms with Crippen LogP contribution in [0.4, 0.5) is 4.39 Å². The standard InChI is InChI=1S/C28H30BrFN2O3/c1-28(2,3)31-27(34)25(17-20-7-5-4-6-8-20)32(18-21-9-11-22(29)12-10-21)26(33)19-35-24-15-13-23(30)14-16-24/h4-16,25H,17-19H2,1-3H3,(H,31,34). The third-order valence-corrected chi connectivity index (χ3v) is 5.74. The summed E-state index contributed by atoms with van der Waals surface area (Å²) in [5, 5.41) is 3.03. The molecule has 0 aromatic heterocycles. The number of ether oxygens (including phenoxy) is 1. The Labute approximate surface area is 214 Å². The maximum absolute atomic E-state index is 13.5. The van der Waals surface area contributed by atoms with Gasteiger partial charge in [0.05, 0.1) is 0 Å². The maximum atomic E-state index is 13.5. The van der Waals surface area contributed by atoms with Gasteiger partial charge in [0.2, 0.25) is 5.91 Å². The Balaban J connectivity index is 1.91. The second kappa shape index (κ2) is 12.0. The summed E-state index contributed by atoms with van der Waals surface area (Å²) in [6.07, 6.45) is 0.349. The molecule has 0 heterocycles. The Morgan fingerprint density at radius 3 is 2.17 bits per heavy atom. The van der Waals surface area contributed by atoms with Crippen molar-refractivity contribution in [2.24, 2.45) is 0 Å².